The van der Waals surface area contributed by atoms with Crippen molar-refractivity contribution in [3.05, 3.63) is 12.1 Å². The van der Waals surface area contributed by atoms with E-state index in [1.165, 1.54) is 17.5 Å². The number of piperidine rings is 1. The maximum absolute atomic E-state index is 12.3. The predicted octanol–water partition coefficient (Wildman–Crippen LogP) is 0.262. The zero-order chi connectivity index (χ0) is 14.9. The summed E-state index contributed by atoms with van der Waals surface area (Å²) >= 11 is 0. The van der Waals surface area contributed by atoms with Crippen LogP contribution < -0.4 is 10.2 Å². The Morgan fingerprint density at radius 2 is 2.23 bits per heavy atom. The Balaban J connectivity index is 1.43. The molecule has 2 fully saturated rings. The van der Waals surface area contributed by atoms with Gasteiger partial charge >= 0.3 is 0 Å². The van der Waals surface area contributed by atoms with Crippen LogP contribution in [0.1, 0.15) is 25.7 Å². The van der Waals surface area contributed by atoms with Gasteiger partial charge in [0.1, 0.15) is 0 Å². The standard InChI is InChI=1S/C14H19N7O/c22-14(15-8-10-3-4-10)11-2-1-7-20(9-11)13-6-5-12-16-18-19-21(12)17-13/h5-6,10-11H,1-4,7-9H2,(H,15,22)/t11-/m1/s1. The Morgan fingerprint density at radius 1 is 1.32 bits per heavy atom. The molecule has 0 aromatic carbocycles. The van der Waals surface area contributed by atoms with Crippen LogP contribution in [-0.4, -0.2) is 50.8 Å². The number of fused-ring (bicyclic) bond motifs is 1. The molecule has 2 aliphatic rings. The van der Waals surface area contributed by atoms with Gasteiger partial charge in [0, 0.05) is 19.6 Å². The molecule has 8 heteroatoms. The zero-order valence-electron chi connectivity index (χ0n) is 12.4. The maximum Gasteiger partial charge on any atom is 0.224 e. The minimum absolute atomic E-state index is 0.0406. The second kappa shape index (κ2) is 5.51. The van der Waals surface area contributed by atoms with Gasteiger partial charge in [-0.2, -0.15) is 0 Å². The van der Waals surface area contributed by atoms with Gasteiger partial charge in [0.25, 0.3) is 0 Å². The highest BCUT2D eigenvalue weighted by Crippen LogP contribution is 2.28. The Bertz CT molecular complexity index is 681. The number of anilines is 1. The molecule has 1 aliphatic heterocycles. The Hall–Kier alpha value is -2.25. The van der Waals surface area contributed by atoms with Crippen LogP contribution in [0.5, 0.6) is 0 Å². The van der Waals surface area contributed by atoms with Crippen LogP contribution in [0.2, 0.25) is 0 Å². The van der Waals surface area contributed by atoms with E-state index in [0.29, 0.717) is 18.1 Å². The van der Waals surface area contributed by atoms with E-state index in [2.05, 4.69) is 30.8 Å². The van der Waals surface area contributed by atoms with E-state index in [1.807, 2.05) is 12.1 Å². The summed E-state index contributed by atoms with van der Waals surface area (Å²) in [5.41, 5.74) is 0.625. The van der Waals surface area contributed by atoms with Crippen molar-refractivity contribution in [3.63, 3.8) is 0 Å². The van der Waals surface area contributed by atoms with Crippen LogP contribution in [0.3, 0.4) is 0 Å². The molecule has 2 aromatic heterocycles. The monoisotopic (exact) mass is 301 g/mol. The molecule has 4 rings (SSSR count). The molecule has 1 saturated heterocycles. The Kier molecular flexibility index (Phi) is 3.36. The lowest BCUT2D eigenvalue weighted by atomic mass is 9.97. The number of carbonyl (C=O) groups is 1. The molecular formula is C14H19N7O. The van der Waals surface area contributed by atoms with Gasteiger partial charge in [0.15, 0.2) is 11.5 Å². The molecule has 1 saturated carbocycles. The molecule has 0 spiro atoms. The van der Waals surface area contributed by atoms with Crippen molar-refractivity contribution >= 4 is 17.4 Å². The largest absolute Gasteiger partial charge is 0.356 e. The van der Waals surface area contributed by atoms with E-state index in [1.54, 1.807) is 0 Å². The van der Waals surface area contributed by atoms with Gasteiger partial charge in [0.05, 0.1) is 5.92 Å². The fourth-order valence-corrected chi connectivity index (χ4v) is 2.92. The van der Waals surface area contributed by atoms with E-state index >= 15 is 0 Å². The van der Waals surface area contributed by atoms with Crippen molar-refractivity contribution in [1.82, 2.24) is 30.6 Å². The van der Waals surface area contributed by atoms with Crippen LogP contribution in [0.25, 0.3) is 5.65 Å². The topological polar surface area (TPSA) is 88.3 Å². The van der Waals surface area contributed by atoms with E-state index in [0.717, 1.165) is 31.7 Å². The third-order valence-electron chi connectivity index (χ3n) is 4.43. The summed E-state index contributed by atoms with van der Waals surface area (Å²) in [6.45, 7) is 2.45. The maximum atomic E-state index is 12.3. The highest BCUT2D eigenvalue weighted by atomic mass is 16.1. The molecule has 22 heavy (non-hydrogen) atoms. The van der Waals surface area contributed by atoms with Crippen molar-refractivity contribution in [3.8, 4) is 0 Å². The molecule has 3 heterocycles. The third-order valence-corrected chi connectivity index (χ3v) is 4.43. The molecule has 0 unspecified atom stereocenters. The normalized spacial score (nSPS) is 22.0. The summed E-state index contributed by atoms with van der Waals surface area (Å²) in [6.07, 6.45) is 4.46. The van der Waals surface area contributed by atoms with Crippen LogP contribution in [0.15, 0.2) is 12.1 Å². The molecule has 116 valence electrons. The summed E-state index contributed by atoms with van der Waals surface area (Å²) in [5.74, 6) is 1.76. The van der Waals surface area contributed by atoms with Crippen molar-refractivity contribution < 1.29 is 4.79 Å². The molecule has 0 radical (unpaired) electrons. The number of nitrogens with one attached hydrogen (secondary N) is 1. The number of amides is 1. The van der Waals surface area contributed by atoms with Crippen molar-refractivity contribution in [1.29, 1.82) is 0 Å². The van der Waals surface area contributed by atoms with Gasteiger partial charge < -0.3 is 10.2 Å². The molecule has 1 N–H and O–H groups in total. The van der Waals surface area contributed by atoms with Gasteiger partial charge in [-0.1, -0.05) is 0 Å². The predicted molar refractivity (Wildman–Crippen MR) is 79.2 cm³/mol. The first-order chi connectivity index (χ1) is 10.8. The van der Waals surface area contributed by atoms with Crippen LogP contribution >= 0.6 is 0 Å². The summed E-state index contributed by atoms with van der Waals surface area (Å²) < 4.78 is 1.42. The van der Waals surface area contributed by atoms with Gasteiger partial charge in [0.2, 0.25) is 5.91 Å². The minimum atomic E-state index is 0.0406. The highest BCUT2D eigenvalue weighted by molar-refractivity contribution is 5.79. The second-order valence-electron chi connectivity index (χ2n) is 6.19. The lowest BCUT2D eigenvalue weighted by molar-refractivity contribution is -0.125. The quantitative estimate of drug-likeness (QED) is 0.871. The number of tetrazole rings is 1. The van der Waals surface area contributed by atoms with E-state index in [4.69, 9.17) is 0 Å². The number of nitrogens with zero attached hydrogens (tertiary/aromatic N) is 6. The highest BCUT2D eigenvalue weighted by Gasteiger charge is 2.28. The van der Waals surface area contributed by atoms with Gasteiger partial charge in [-0.15, -0.1) is 14.8 Å². The van der Waals surface area contributed by atoms with Crippen molar-refractivity contribution in [2.24, 2.45) is 11.8 Å². The second-order valence-corrected chi connectivity index (χ2v) is 6.19. The molecular weight excluding hydrogens is 282 g/mol. The lowest BCUT2D eigenvalue weighted by Gasteiger charge is -2.32. The van der Waals surface area contributed by atoms with E-state index < -0.39 is 0 Å². The molecule has 0 bridgehead atoms. The lowest BCUT2D eigenvalue weighted by Crippen LogP contribution is -2.44. The average molecular weight is 301 g/mol. The number of hydrogen-bond acceptors (Lipinski definition) is 6. The molecule has 1 aliphatic carbocycles. The Labute approximate surface area is 127 Å². The first-order valence-corrected chi connectivity index (χ1v) is 7.88. The molecule has 8 nitrogen and oxygen atoms in total. The van der Waals surface area contributed by atoms with E-state index in [-0.39, 0.29) is 11.8 Å². The van der Waals surface area contributed by atoms with Gasteiger partial charge in [-0.25, -0.2) is 0 Å². The van der Waals surface area contributed by atoms with Gasteiger partial charge in [-0.3, -0.25) is 4.79 Å². The summed E-state index contributed by atoms with van der Waals surface area (Å²) in [4.78, 5) is 14.4. The summed E-state index contributed by atoms with van der Waals surface area (Å²) in [6, 6.07) is 3.76. The van der Waals surface area contributed by atoms with Crippen molar-refractivity contribution in [2.45, 2.75) is 25.7 Å². The third kappa shape index (κ3) is 2.72. The number of hydrogen-bond donors (Lipinski definition) is 1. The van der Waals surface area contributed by atoms with Gasteiger partial charge in [-0.05, 0) is 54.2 Å². The number of rotatable bonds is 4. The molecule has 1 amide bonds. The number of aromatic nitrogens is 5. The summed E-state index contributed by atoms with van der Waals surface area (Å²) in [5, 5.41) is 18.8. The average Bonchev–Trinajstić information content (AvgIpc) is 3.27. The smallest absolute Gasteiger partial charge is 0.224 e. The fourth-order valence-electron chi connectivity index (χ4n) is 2.92. The van der Waals surface area contributed by atoms with E-state index in [9.17, 15) is 4.79 Å². The fraction of sp³-hybridized carbons (Fsp3) is 0.643. The zero-order valence-corrected chi connectivity index (χ0v) is 12.4. The number of carbonyl (C=O) groups excluding carboxylic acids is 1. The SMILES string of the molecule is O=C(NCC1CC1)[C@@H]1CCCN(c2ccc3nnnn3n2)C1. The Morgan fingerprint density at radius 3 is 3.09 bits per heavy atom. The minimum Gasteiger partial charge on any atom is -0.356 e. The first kappa shape index (κ1) is 13.4. The molecule has 2 aromatic rings. The van der Waals surface area contributed by atoms with Crippen molar-refractivity contribution in [2.75, 3.05) is 24.5 Å². The van der Waals surface area contributed by atoms with Crippen LogP contribution in [-0.2, 0) is 4.79 Å². The summed E-state index contributed by atoms with van der Waals surface area (Å²) in [7, 11) is 0. The first-order valence-electron chi connectivity index (χ1n) is 7.88. The molecule has 1 atom stereocenters. The van der Waals surface area contributed by atoms with Crippen LogP contribution in [0.4, 0.5) is 5.82 Å². The van der Waals surface area contributed by atoms with Crippen LogP contribution in [0, 0.1) is 11.8 Å².